The van der Waals surface area contributed by atoms with Gasteiger partial charge in [0.25, 0.3) is 5.91 Å². The third-order valence-electron chi connectivity index (χ3n) is 5.59. The SMILES string of the molecule is O=C(NC[C@H](c1ccccc1)N1CCCCCC1)c1cc2ccccc2cn1. The molecule has 28 heavy (non-hydrogen) atoms. The topological polar surface area (TPSA) is 45.2 Å². The van der Waals surface area contributed by atoms with Crippen LogP contribution >= 0.6 is 0 Å². The van der Waals surface area contributed by atoms with Crippen LogP contribution in [0.4, 0.5) is 0 Å². The summed E-state index contributed by atoms with van der Waals surface area (Å²) in [5, 5.41) is 5.22. The van der Waals surface area contributed by atoms with Crippen LogP contribution in [-0.4, -0.2) is 35.4 Å². The Kier molecular flexibility index (Phi) is 5.98. The van der Waals surface area contributed by atoms with Crippen molar-refractivity contribution in [3.05, 3.63) is 78.1 Å². The Morgan fingerprint density at radius 1 is 0.929 bits per heavy atom. The van der Waals surface area contributed by atoms with Crippen molar-refractivity contribution in [3.63, 3.8) is 0 Å². The van der Waals surface area contributed by atoms with E-state index in [2.05, 4.69) is 39.5 Å². The number of benzene rings is 2. The maximum Gasteiger partial charge on any atom is 0.269 e. The number of carbonyl (C=O) groups is 1. The molecule has 4 rings (SSSR count). The molecule has 0 aliphatic carbocycles. The number of hydrogen-bond donors (Lipinski definition) is 1. The van der Waals surface area contributed by atoms with E-state index in [4.69, 9.17) is 0 Å². The molecule has 4 nitrogen and oxygen atoms in total. The number of likely N-dealkylation sites (tertiary alicyclic amines) is 1. The van der Waals surface area contributed by atoms with Gasteiger partial charge in [0, 0.05) is 18.1 Å². The molecule has 1 aliphatic heterocycles. The quantitative estimate of drug-likeness (QED) is 0.712. The molecule has 1 amide bonds. The highest BCUT2D eigenvalue weighted by atomic mass is 16.1. The number of nitrogens with one attached hydrogen (secondary N) is 1. The van der Waals surface area contributed by atoms with E-state index in [-0.39, 0.29) is 11.9 Å². The minimum Gasteiger partial charge on any atom is -0.349 e. The van der Waals surface area contributed by atoms with Crippen molar-refractivity contribution < 1.29 is 4.79 Å². The van der Waals surface area contributed by atoms with Crippen LogP contribution in [0.25, 0.3) is 10.8 Å². The van der Waals surface area contributed by atoms with Crippen molar-refractivity contribution in [2.24, 2.45) is 0 Å². The van der Waals surface area contributed by atoms with Crippen molar-refractivity contribution in [2.45, 2.75) is 31.7 Å². The van der Waals surface area contributed by atoms with Crippen LogP contribution in [0.15, 0.2) is 66.9 Å². The van der Waals surface area contributed by atoms with E-state index in [0.29, 0.717) is 12.2 Å². The maximum absolute atomic E-state index is 12.8. The van der Waals surface area contributed by atoms with Gasteiger partial charge in [-0.15, -0.1) is 0 Å². The summed E-state index contributed by atoms with van der Waals surface area (Å²) in [5.74, 6) is -0.110. The molecule has 4 heteroatoms. The van der Waals surface area contributed by atoms with Gasteiger partial charge in [-0.25, -0.2) is 0 Å². The first-order chi connectivity index (χ1) is 13.8. The zero-order chi connectivity index (χ0) is 19.2. The van der Waals surface area contributed by atoms with E-state index in [0.717, 1.165) is 23.9 Å². The molecule has 1 aliphatic rings. The minimum absolute atomic E-state index is 0.110. The summed E-state index contributed by atoms with van der Waals surface area (Å²) in [6.07, 6.45) is 6.82. The number of nitrogens with zero attached hydrogens (tertiary/aromatic N) is 2. The molecule has 0 saturated carbocycles. The number of hydrogen-bond acceptors (Lipinski definition) is 3. The van der Waals surface area contributed by atoms with Crippen molar-refractivity contribution in [1.82, 2.24) is 15.2 Å². The van der Waals surface area contributed by atoms with Gasteiger partial charge >= 0.3 is 0 Å². The highest BCUT2D eigenvalue weighted by Crippen LogP contribution is 2.24. The molecular weight excluding hydrogens is 346 g/mol. The Bertz CT molecular complexity index is 917. The van der Waals surface area contributed by atoms with Crippen LogP contribution in [0.5, 0.6) is 0 Å². The van der Waals surface area contributed by atoms with Gasteiger partial charge in [-0.1, -0.05) is 67.4 Å². The Morgan fingerprint density at radius 2 is 1.61 bits per heavy atom. The molecule has 144 valence electrons. The second-order valence-corrected chi connectivity index (χ2v) is 7.50. The van der Waals surface area contributed by atoms with Crippen LogP contribution in [0.2, 0.25) is 0 Å². The predicted octanol–water partition coefficient (Wildman–Crippen LogP) is 4.58. The lowest BCUT2D eigenvalue weighted by atomic mass is 10.0. The van der Waals surface area contributed by atoms with Crippen molar-refractivity contribution in [3.8, 4) is 0 Å². The average Bonchev–Trinajstić information content (AvgIpc) is 3.04. The number of pyridine rings is 1. The summed E-state index contributed by atoms with van der Waals surface area (Å²) in [6, 6.07) is 20.6. The molecule has 1 atom stereocenters. The van der Waals surface area contributed by atoms with Crippen LogP contribution in [0.1, 0.15) is 47.8 Å². The number of amides is 1. The molecule has 2 heterocycles. The number of fused-ring (bicyclic) bond motifs is 1. The molecule has 0 radical (unpaired) electrons. The van der Waals surface area contributed by atoms with Gasteiger partial charge in [0.2, 0.25) is 0 Å². The fourth-order valence-electron chi connectivity index (χ4n) is 4.03. The number of carbonyl (C=O) groups excluding carboxylic acids is 1. The molecular formula is C24H27N3O. The van der Waals surface area contributed by atoms with Gasteiger partial charge in [-0.3, -0.25) is 14.7 Å². The van der Waals surface area contributed by atoms with Crippen LogP contribution in [0, 0.1) is 0 Å². The average molecular weight is 374 g/mol. The smallest absolute Gasteiger partial charge is 0.269 e. The minimum atomic E-state index is -0.110. The number of aromatic nitrogens is 1. The van der Waals surface area contributed by atoms with Crippen molar-refractivity contribution in [2.75, 3.05) is 19.6 Å². The molecule has 3 aromatic rings. The summed E-state index contributed by atoms with van der Waals surface area (Å²) in [5.41, 5.74) is 1.73. The molecule has 0 unspecified atom stereocenters. The third kappa shape index (κ3) is 4.39. The Labute approximate surface area is 166 Å². The van der Waals surface area contributed by atoms with Gasteiger partial charge in [-0.05, 0) is 42.9 Å². The summed E-state index contributed by atoms with van der Waals surface area (Å²) in [7, 11) is 0. The first-order valence-corrected chi connectivity index (χ1v) is 10.2. The van der Waals surface area contributed by atoms with Gasteiger partial charge in [0.05, 0.1) is 6.04 Å². The lowest BCUT2D eigenvalue weighted by molar-refractivity contribution is 0.0928. The fraction of sp³-hybridized carbons (Fsp3) is 0.333. The van der Waals surface area contributed by atoms with Gasteiger partial charge in [0.1, 0.15) is 5.69 Å². The van der Waals surface area contributed by atoms with Crippen molar-refractivity contribution in [1.29, 1.82) is 0 Å². The summed E-state index contributed by atoms with van der Waals surface area (Å²) in [6.45, 7) is 2.77. The lowest BCUT2D eigenvalue weighted by Crippen LogP contribution is -2.38. The highest BCUT2D eigenvalue weighted by molar-refractivity contribution is 5.96. The largest absolute Gasteiger partial charge is 0.349 e. The molecule has 1 N–H and O–H groups in total. The molecule has 0 bridgehead atoms. The first kappa shape index (κ1) is 18.6. The van der Waals surface area contributed by atoms with E-state index in [1.165, 1.54) is 31.2 Å². The van der Waals surface area contributed by atoms with E-state index < -0.39 is 0 Å². The summed E-state index contributed by atoms with van der Waals surface area (Å²) in [4.78, 5) is 19.7. The van der Waals surface area contributed by atoms with Crippen LogP contribution in [-0.2, 0) is 0 Å². The Morgan fingerprint density at radius 3 is 2.36 bits per heavy atom. The van der Waals surface area contributed by atoms with E-state index >= 15 is 0 Å². The molecule has 2 aromatic carbocycles. The monoisotopic (exact) mass is 373 g/mol. The van der Waals surface area contributed by atoms with Crippen LogP contribution < -0.4 is 5.32 Å². The summed E-state index contributed by atoms with van der Waals surface area (Å²) >= 11 is 0. The normalized spacial score (nSPS) is 16.4. The maximum atomic E-state index is 12.8. The van der Waals surface area contributed by atoms with Gasteiger partial charge in [-0.2, -0.15) is 0 Å². The summed E-state index contributed by atoms with van der Waals surface area (Å²) < 4.78 is 0. The Hall–Kier alpha value is -2.72. The second-order valence-electron chi connectivity index (χ2n) is 7.50. The molecule has 1 saturated heterocycles. The number of rotatable bonds is 5. The Balaban J connectivity index is 1.50. The van der Waals surface area contributed by atoms with Crippen LogP contribution in [0.3, 0.4) is 0 Å². The highest BCUT2D eigenvalue weighted by Gasteiger charge is 2.22. The molecule has 0 spiro atoms. The van der Waals surface area contributed by atoms with Crippen molar-refractivity contribution >= 4 is 16.7 Å². The van der Waals surface area contributed by atoms with E-state index in [1.807, 2.05) is 36.4 Å². The first-order valence-electron chi connectivity index (χ1n) is 10.2. The molecule has 1 fully saturated rings. The second kappa shape index (κ2) is 8.98. The zero-order valence-corrected chi connectivity index (χ0v) is 16.2. The van der Waals surface area contributed by atoms with E-state index in [9.17, 15) is 4.79 Å². The zero-order valence-electron chi connectivity index (χ0n) is 16.2. The standard InChI is InChI=1S/C24H27N3O/c28-24(22-16-20-12-6-7-13-21(20)17-25-22)26-18-23(19-10-4-3-5-11-19)27-14-8-1-2-9-15-27/h3-7,10-13,16-17,23H,1-2,8-9,14-15,18H2,(H,26,28)/t23-/m1/s1. The third-order valence-corrected chi connectivity index (χ3v) is 5.59. The lowest BCUT2D eigenvalue weighted by Gasteiger charge is -2.31. The van der Waals surface area contributed by atoms with E-state index in [1.54, 1.807) is 6.20 Å². The van der Waals surface area contributed by atoms with Gasteiger partial charge < -0.3 is 5.32 Å². The predicted molar refractivity (Wildman–Crippen MR) is 113 cm³/mol. The fourth-order valence-corrected chi connectivity index (χ4v) is 4.03. The molecule has 1 aromatic heterocycles. The van der Waals surface area contributed by atoms with Gasteiger partial charge in [0.15, 0.2) is 0 Å².